The van der Waals surface area contributed by atoms with E-state index >= 15 is 0 Å². The van der Waals surface area contributed by atoms with Gasteiger partial charge >= 0.3 is 0 Å². The predicted octanol–water partition coefficient (Wildman–Crippen LogP) is 1.03. The highest BCUT2D eigenvalue weighted by atomic mass is 16.5. The minimum atomic E-state index is -0.0967. The fraction of sp³-hybridized carbons (Fsp3) is 0.286. The average molecular weight is 255 g/mol. The second kappa shape index (κ2) is 4.75. The first-order chi connectivity index (χ1) is 9.28. The molecule has 1 aliphatic heterocycles. The van der Waals surface area contributed by atoms with Crippen molar-refractivity contribution in [3.63, 3.8) is 0 Å². The van der Waals surface area contributed by atoms with Crippen LogP contribution in [0.25, 0.3) is 10.9 Å². The van der Waals surface area contributed by atoms with Gasteiger partial charge in [0.2, 0.25) is 5.91 Å². The minimum Gasteiger partial charge on any atom is -0.365 e. The van der Waals surface area contributed by atoms with Gasteiger partial charge in [0.05, 0.1) is 12.6 Å². The molecule has 1 aromatic heterocycles. The number of nitrogens with zero attached hydrogens (tertiary/aromatic N) is 2. The van der Waals surface area contributed by atoms with Gasteiger partial charge in [-0.05, 0) is 12.1 Å². The maximum absolute atomic E-state index is 11.1. The number of fused-ring (bicyclic) bond motifs is 1. The molecule has 0 saturated carbocycles. The maximum Gasteiger partial charge on any atom is 0.246 e. The minimum absolute atomic E-state index is 0.0888. The van der Waals surface area contributed by atoms with E-state index in [-0.39, 0.29) is 18.6 Å². The molecular weight excluding hydrogens is 242 g/mol. The van der Waals surface area contributed by atoms with Crippen LogP contribution in [0.2, 0.25) is 0 Å². The average Bonchev–Trinajstić information content (AvgIpc) is 2.79. The monoisotopic (exact) mass is 255 g/mol. The molecule has 0 spiro atoms. The lowest BCUT2D eigenvalue weighted by molar-refractivity contribution is -0.133. The van der Waals surface area contributed by atoms with Gasteiger partial charge < -0.3 is 14.6 Å². The van der Waals surface area contributed by atoms with Gasteiger partial charge in [-0.2, -0.15) is 5.26 Å². The van der Waals surface area contributed by atoms with Crippen LogP contribution in [-0.2, 0) is 16.1 Å². The second-order valence-corrected chi connectivity index (χ2v) is 4.55. The highest BCUT2D eigenvalue weighted by molar-refractivity contribution is 5.82. The number of ether oxygens (including phenoxy) is 1. The molecule has 1 fully saturated rings. The zero-order valence-corrected chi connectivity index (χ0v) is 10.3. The van der Waals surface area contributed by atoms with Crippen molar-refractivity contribution >= 4 is 16.8 Å². The normalized spacial score (nSPS) is 19.1. The van der Waals surface area contributed by atoms with Crippen LogP contribution in [0.4, 0.5) is 0 Å². The lowest BCUT2D eigenvalue weighted by Gasteiger charge is -2.24. The fourth-order valence-electron chi connectivity index (χ4n) is 2.35. The number of para-hydroxylation sites is 1. The number of hydrogen-bond donors (Lipinski definition) is 1. The third-order valence-corrected chi connectivity index (χ3v) is 3.29. The molecule has 1 N–H and O–H groups in total. The molecule has 1 aliphatic rings. The Balaban J connectivity index is 1.91. The van der Waals surface area contributed by atoms with Gasteiger partial charge in [-0.1, -0.05) is 18.2 Å². The largest absolute Gasteiger partial charge is 0.365 e. The van der Waals surface area contributed by atoms with Crippen molar-refractivity contribution in [1.29, 1.82) is 5.26 Å². The van der Waals surface area contributed by atoms with Gasteiger partial charge in [-0.25, -0.2) is 0 Å². The Bertz CT molecular complexity index is 659. The number of rotatable bonds is 2. The molecule has 2 heterocycles. The van der Waals surface area contributed by atoms with E-state index in [1.165, 1.54) is 0 Å². The Labute approximate surface area is 110 Å². The van der Waals surface area contributed by atoms with Gasteiger partial charge in [0.15, 0.2) is 0 Å². The van der Waals surface area contributed by atoms with Crippen molar-refractivity contribution in [2.75, 3.05) is 13.2 Å². The predicted molar refractivity (Wildman–Crippen MR) is 69.4 cm³/mol. The molecule has 3 rings (SSSR count). The number of amides is 1. The van der Waals surface area contributed by atoms with Crippen LogP contribution >= 0.6 is 0 Å². The number of hydrogen-bond acceptors (Lipinski definition) is 3. The van der Waals surface area contributed by atoms with Crippen molar-refractivity contribution < 1.29 is 9.53 Å². The molecule has 5 nitrogen and oxygen atoms in total. The van der Waals surface area contributed by atoms with Crippen molar-refractivity contribution in [3.05, 3.63) is 36.0 Å². The van der Waals surface area contributed by atoms with Crippen LogP contribution in [0.1, 0.15) is 5.69 Å². The number of carbonyl (C=O) groups is 1. The molecule has 1 saturated heterocycles. The molecule has 1 unspecified atom stereocenters. The second-order valence-electron chi connectivity index (χ2n) is 4.55. The fourth-order valence-corrected chi connectivity index (χ4v) is 2.35. The first kappa shape index (κ1) is 11.8. The molecule has 5 heteroatoms. The highest BCUT2D eigenvalue weighted by Gasteiger charge is 2.20. The van der Waals surface area contributed by atoms with Gasteiger partial charge in [-0.3, -0.25) is 4.79 Å². The van der Waals surface area contributed by atoms with E-state index in [0.29, 0.717) is 18.8 Å². The number of aromatic nitrogens is 1. The zero-order valence-electron chi connectivity index (χ0n) is 10.3. The molecule has 1 atom stereocenters. The zero-order chi connectivity index (χ0) is 13.2. The van der Waals surface area contributed by atoms with E-state index in [0.717, 1.165) is 10.9 Å². The summed E-state index contributed by atoms with van der Waals surface area (Å²) in [5.74, 6) is -0.0888. The van der Waals surface area contributed by atoms with Crippen molar-refractivity contribution in [2.24, 2.45) is 0 Å². The van der Waals surface area contributed by atoms with E-state index < -0.39 is 0 Å². The number of carbonyl (C=O) groups excluding carboxylic acids is 1. The van der Waals surface area contributed by atoms with Crippen LogP contribution in [0.5, 0.6) is 0 Å². The molecular formula is C14H13N3O2. The number of morpholine rings is 1. The standard InChI is InChI=1S/C14H13N3O2/c15-6-11-5-10-3-1-2-4-13(10)17(11)8-12-7-16-14(18)9-19-12/h1-5,12H,7-9H2,(H,16,18). The van der Waals surface area contributed by atoms with Gasteiger partial charge in [0.1, 0.15) is 18.4 Å². The quantitative estimate of drug-likeness (QED) is 0.871. The van der Waals surface area contributed by atoms with Crippen molar-refractivity contribution in [2.45, 2.75) is 12.6 Å². The highest BCUT2D eigenvalue weighted by Crippen LogP contribution is 2.20. The number of nitriles is 1. The first-order valence-electron chi connectivity index (χ1n) is 6.14. The van der Waals surface area contributed by atoms with Crippen molar-refractivity contribution in [3.8, 4) is 6.07 Å². The Morgan fingerprint density at radius 3 is 3.05 bits per heavy atom. The van der Waals surface area contributed by atoms with Crippen LogP contribution in [0, 0.1) is 11.3 Å². The lowest BCUT2D eigenvalue weighted by Crippen LogP contribution is -2.44. The Hall–Kier alpha value is -2.32. The van der Waals surface area contributed by atoms with E-state index in [1.54, 1.807) is 0 Å². The first-order valence-corrected chi connectivity index (χ1v) is 6.14. The van der Waals surface area contributed by atoms with Crippen LogP contribution < -0.4 is 5.32 Å². The van der Waals surface area contributed by atoms with E-state index in [1.807, 2.05) is 34.9 Å². The molecule has 96 valence electrons. The molecule has 0 radical (unpaired) electrons. The summed E-state index contributed by atoms with van der Waals surface area (Å²) in [6, 6.07) is 11.9. The maximum atomic E-state index is 11.1. The lowest BCUT2D eigenvalue weighted by atomic mass is 10.2. The molecule has 1 amide bonds. The third-order valence-electron chi connectivity index (χ3n) is 3.29. The van der Waals surface area contributed by atoms with Crippen molar-refractivity contribution in [1.82, 2.24) is 9.88 Å². The third kappa shape index (κ3) is 2.18. The molecule has 0 aliphatic carbocycles. The summed E-state index contributed by atoms with van der Waals surface area (Å²) in [5, 5.41) is 13.0. The summed E-state index contributed by atoms with van der Waals surface area (Å²) >= 11 is 0. The van der Waals surface area contributed by atoms with E-state index in [4.69, 9.17) is 4.74 Å². The van der Waals surface area contributed by atoms with Gasteiger partial charge in [-0.15, -0.1) is 0 Å². The Kier molecular flexibility index (Phi) is 2.94. The Morgan fingerprint density at radius 1 is 1.47 bits per heavy atom. The molecule has 0 bridgehead atoms. The summed E-state index contributed by atoms with van der Waals surface area (Å²) < 4.78 is 7.41. The van der Waals surface area contributed by atoms with Gasteiger partial charge in [0.25, 0.3) is 0 Å². The number of nitrogens with one attached hydrogen (secondary N) is 1. The topological polar surface area (TPSA) is 67.0 Å². The summed E-state index contributed by atoms with van der Waals surface area (Å²) in [6.07, 6.45) is -0.0967. The van der Waals surface area contributed by atoms with Gasteiger partial charge in [0, 0.05) is 17.4 Å². The summed E-state index contributed by atoms with van der Waals surface area (Å²) in [4.78, 5) is 11.1. The van der Waals surface area contributed by atoms with E-state index in [9.17, 15) is 10.1 Å². The SMILES string of the molecule is N#Cc1cc2ccccc2n1CC1CNC(=O)CO1. The van der Waals surface area contributed by atoms with E-state index in [2.05, 4.69) is 11.4 Å². The Morgan fingerprint density at radius 2 is 2.32 bits per heavy atom. The summed E-state index contributed by atoms with van der Waals surface area (Å²) in [5.41, 5.74) is 1.63. The van der Waals surface area contributed by atoms with Crippen LogP contribution in [0.15, 0.2) is 30.3 Å². The number of benzene rings is 1. The molecule has 1 aromatic carbocycles. The van der Waals surface area contributed by atoms with Crippen LogP contribution in [-0.4, -0.2) is 29.7 Å². The summed E-state index contributed by atoms with van der Waals surface area (Å²) in [7, 11) is 0. The molecule has 2 aromatic rings. The van der Waals surface area contributed by atoms with Crippen LogP contribution in [0.3, 0.4) is 0 Å². The summed E-state index contributed by atoms with van der Waals surface area (Å²) in [6.45, 7) is 1.14. The molecule has 19 heavy (non-hydrogen) atoms. The smallest absolute Gasteiger partial charge is 0.246 e.